The summed E-state index contributed by atoms with van der Waals surface area (Å²) in [6, 6.07) is 6.66. The molecule has 0 radical (unpaired) electrons. The first-order valence-corrected chi connectivity index (χ1v) is 4.93. The summed E-state index contributed by atoms with van der Waals surface area (Å²) in [5.74, 6) is 0. The summed E-state index contributed by atoms with van der Waals surface area (Å²) in [6.07, 6.45) is -4.19. The second-order valence-electron chi connectivity index (χ2n) is 3.85. The van der Waals surface area contributed by atoms with E-state index in [2.05, 4.69) is 0 Å². The van der Waals surface area contributed by atoms with Gasteiger partial charge in [-0.15, -0.1) is 0 Å². The zero-order chi connectivity index (χ0) is 12.3. The van der Waals surface area contributed by atoms with Crippen LogP contribution in [0.15, 0.2) is 24.3 Å². The Hall–Kier alpha value is -1.23. The molecule has 1 aromatic carbocycles. The van der Waals surface area contributed by atoms with E-state index in [0.717, 1.165) is 10.5 Å². The average Bonchev–Trinajstić information content (AvgIpc) is 2.15. The van der Waals surface area contributed by atoms with Gasteiger partial charge < -0.3 is 10.6 Å². The Morgan fingerprint density at radius 2 is 1.75 bits per heavy atom. The summed E-state index contributed by atoms with van der Waals surface area (Å²) in [7, 11) is 1.41. The van der Waals surface area contributed by atoms with Gasteiger partial charge in [-0.2, -0.15) is 13.2 Å². The van der Waals surface area contributed by atoms with Crippen LogP contribution in [0.2, 0.25) is 0 Å². The summed E-state index contributed by atoms with van der Waals surface area (Å²) < 4.78 is 36.4. The van der Waals surface area contributed by atoms with Gasteiger partial charge in [-0.25, -0.2) is 0 Å². The minimum atomic E-state index is -4.19. The maximum atomic E-state index is 12.1. The first kappa shape index (κ1) is 12.8. The Morgan fingerprint density at radius 1 is 1.25 bits per heavy atom. The highest BCUT2D eigenvalue weighted by Crippen LogP contribution is 2.22. The lowest BCUT2D eigenvalue weighted by Gasteiger charge is -2.21. The molecule has 0 saturated heterocycles. The van der Waals surface area contributed by atoms with E-state index in [1.165, 1.54) is 7.05 Å². The quantitative estimate of drug-likeness (QED) is 0.868. The van der Waals surface area contributed by atoms with Crippen molar-refractivity contribution in [2.24, 2.45) is 5.73 Å². The van der Waals surface area contributed by atoms with Crippen LogP contribution in [0.3, 0.4) is 0 Å². The van der Waals surface area contributed by atoms with Gasteiger partial charge in [-0.1, -0.05) is 12.1 Å². The van der Waals surface area contributed by atoms with Crippen LogP contribution in [0, 0.1) is 0 Å². The number of benzene rings is 1. The molecule has 0 unspecified atom stereocenters. The molecule has 0 aliphatic carbocycles. The molecule has 0 fully saturated rings. The molecular formula is C11H15F3N2. The number of anilines is 1. The third-order valence-corrected chi connectivity index (χ3v) is 2.28. The zero-order valence-corrected chi connectivity index (χ0v) is 9.25. The molecule has 0 bridgehead atoms. The van der Waals surface area contributed by atoms with E-state index in [1.807, 2.05) is 6.92 Å². The fourth-order valence-corrected chi connectivity index (χ4v) is 1.39. The molecule has 90 valence electrons. The maximum absolute atomic E-state index is 12.1. The highest BCUT2D eigenvalue weighted by molar-refractivity contribution is 5.47. The first-order valence-electron chi connectivity index (χ1n) is 4.93. The van der Waals surface area contributed by atoms with Gasteiger partial charge >= 0.3 is 6.18 Å². The largest absolute Gasteiger partial charge is 0.405 e. The normalized spacial score (nSPS) is 13.6. The Balaban J connectivity index is 2.74. The summed E-state index contributed by atoms with van der Waals surface area (Å²) in [6.45, 7) is 0.874. The van der Waals surface area contributed by atoms with E-state index < -0.39 is 12.7 Å². The van der Waals surface area contributed by atoms with Crippen LogP contribution in [0.5, 0.6) is 0 Å². The average molecular weight is 232 g/mol. The molecule has 1 atom stereocenters. The summed E-state index contributed by atoms with van der Waals surface area (Å²) in [5.41, 5.74) is 7.08. The van der Waals surface area contributed by atoms with E-state index in [1.54, 1.807) is 24.3 Å². The molecule has 1 aromatic rings. The molecule has 0 aromatic heterocycles. The number of nitrogens with two attached hydrogens (primary N) is 1. The van der Waals surface area contributed by atoms with Crippen LogP contribution >= 0.6 is 0 Å². The second kappa shape index (κ2) is 4.74. The Morgan fingerprint density at radius 3 is 2.12 bits per heavy atom. The second-order valence-corrected chi connectivity index (χ2v) is 3.85. The van der Waals surface area contributed by atoms with Crippen molar-refractivity contribution in [3.8, 4) is 0 Å². The van der Waals surface area contributed by atoms with Gasteiger partial charge in [0.05, 0.1) is 0 Å². The number of hydrogen-bond acceptors (Lipinski definition) is 2. The van der Waals surface area contributed by atoms with E-state index in [0.29, 0.717) is 5.69 Å². The predicted molar refractivity (Wildman–Crippen MR) is 58.4 cm³/mol. The van der Waals surface area contributed by atoms with Crippen molar-refractivity contribution in [3.63, 3.8) is 0 Å². The Kier molecular flexibility index (Phi) is 3.80. The van der Waals surface area contributed by atoms with Crippen molar-refractivity contribution >= 4 is 5.69 Å². The van der Waals surface area contributed by atoms with Crippen LogP contribution < -0.4 is 10.6 Å². The van der Waals surface area contributed by atoms with Crippen molar-refractivity contribution in [1.29, 1.82) is 0 Å². The smallest absolute Gasteiger partial charge is 0.366 e. The molecule has 0 spiro atoms. The Bertz CT molecular complexity index is 330. The van der Waals surface area contributed by atoms with E-state index in [-0.39, 0.29) is 6.04 Å². The molecule has 1 rings (SSSR count). The number of halogens is 3. The lowest BCUT2D eigenvalue weighted by atomic mass is 10.1. The predicted octanol–water partition coefficient (Wildman–Crippen LogP) is 2.70. The van der Waals surface area contributed by atoms with Gasteiger partial charge in [-0.3, -0.25) is 0 Å². The number of hydrogen-bond donors (Lipinski definition) is 1. The SMILES string of the molecule is C[C@@H](N)c1ccc(N(C)CC(F)(F)F)cc1. The van der Waals surface area contributed by atoms with Gasteiger partial charge in [0.1, 0.15) is 6.54 Å². The molecule has 2 N–H and O–H groups in total. The van der Waals surface area contributed by atoms with Crippen LogP contribution in [-0.4, -0.2) is 19.8 Å². The van der Waals surface area contributed by atoms with Gasteiger partial charge in [0.15, 0.2) is 0 Å². The summed E-state index contributed by atoms with van der Waals surface area (Å²) >= 11 is 0. The molecule has 5 heteroatoms. The third kappa shape index (κ3) is 3.73. The maximum Gasteiger partial charge on any atom is 0.405 e. The zero-order valence-electron chi connectivity index (χ0n) is 9.25. The number of rotatable bonds is 3. The topological polar surface area (TPSA) is 29.3 Å². The van der Waals surface area contributed by atoms with Crippen LogP contribution in [0.1, 0.15) is 18.5 Å². The molecule has 0 heterocycles. The van der Waals surface area contributed by atoms with Crippen molar-refractivity contribution in [1.82, 2.24) is 0 Å². The number of alkyl halides is 3. The molecule has 0 amide bonds. The van der Waals surface area contributed by atoms with Gasteiger partial charge in [0.2, 0.25) is 0 Å². The monoisotopic (exact) mass is 232 g/mol. The number of nitrogens with zero attached hydrogens (tertiary/aromatic N) is 1. The van der Waals surface area contributed by atoms with Crippen LogP contribution in [-0.2, 0) is 0 Å². The minimum Gasteiger partial charge on any atom is -0.366 e. The van der Waals surface area contributed by atoms with Crippen molar-refractivity contribution in [2.75, 3.05) is 18.5 Å². The lowest BCUT2D eigenvalue weighted by Crippen LogP contribution is -2.30. The fourth-order valence-electron chi connectivity index (χ4n) is 1.39. The molecule has 16 heavy (non-hydrogen) atoms. The standard InChI is InChI=1S/C11H15F3N2/c1-8(15)9-3-5-10(6-4-9)16(2)7-11(12,13)14/h3-6,8H,7,15H2,1-2H3/t8-/m1/s1. The Labute approximate surface area is 92.9 Å². The molecule has 0 aliphatic heterocycles. The van der Waals surface area contributed by atoms with Crippen molar-refractivity contribution < 1.29 is 13.2 Å². The summed E-state index contributed by atoms with van der Waals surface area (Å²) in [5, 5.41) is 0. The molecule has 2 nitrogen and oxygen atoms in total. The van der Waals surface area contributed by atoms with E-state index in [9.17, 15) is 13.2 Å². The third-order valence-electron chi connectivity index (χ3n) is 2.28. The highest BCUT2D eigenvalue weighted by Gasteiger charge is 2.29. The molecular weight excluding hydrogens is 217 g/mol. The fraction of sp³-hybridized carbons (Fsp3) is 0.455. The molecule has 0 aliphatic rings. The summed E-state index contributed by atoms with van der Waals surface area (Å²) in [4.78, 5) is 1.16. The van der Waals surface area contributed by atoms with Crippen LogP contribution in [0.4, 0.5) is 18.9 Å². The van der Waals surface area contributed by atoms with Gasteiger partial charge in [0.25, 0.3) is 0 Å². The van der Waals surface area contributed by atoms with Crippen LogP contribution in [0.25, 0.3) is 0 Å². The van der Waals surface area contributed by atoms with Gasteiger partial charge in [-0.05, 0) is 24.6 Å². The highest BCUT2D eigenvalue weighted by atomic mass is 19.4. The minimum absolute atomic E-state index is 0.109. The molecule has 0 saturated carbocycles. The van der Waals surface area contributed by atoms with Crippen molar-refractivity contribution in [2.45, 2.75) is 19.1 Å². The van der Waals surface area contributed by atoms with Crippen molar-refractivity contribution in [3.05, 3.63) is 29.8 Å². The van der Waals surface area contributed by atoms with E-state index >= 15 is 0 Å². The van der Waals surface area contributed by atoms with E-state index in [4.69, 9.17) is 5.73 Å². The first-order chi connectivity index (χ1) is 7.29. The lowest BCUT2D eigenvalue weighted by molar-refractivity contribution is -0.119. The van der Waals surface area contributed by atoms with Gasteiger partial charge in [0, 0.05) is 18.8 Å².